The molecule has 0 aromatic rings. The zero-order valence-corrected chi connectivity index (χ0v) is 8.45. The molecule has 5 heteroatoms. The smallest absolute Gasteiger partial charge is 0.408 e. The lowest BCUT2D eigenvalue weighted by atomic mass is 10.0. The fourth-order valence-corrected chi connectivity index (χ4v) is 0.870. The van der Waals surface area contributed by atoms with Gasteiger partial charge >= 0.3 is 6.09 Å². The van der Waals surface area contributed by atoms with E-state index >= 15 is 0 Å². The van der Waals surface area contributed by atoms with Crippen LogP contribution >= 0.6 is 0 Å². The average molecular weight is 200 g/mol. The van der Waals surface area contributed by atoms with E-state index in [4.69, 9.17) is 5.73 Å². The SMILES string of the molecule is C=CCOC(=O)NC(C(N)=O)C(C)C. The number of rotatable bonds is 5. The summed E-state index contributed by atoms with van der Waals surface area (Å²) in [6.45, 7) is 7.05. The quantitative estimate of drug-likeness (QED) is 0.630. The molecule has 0 aromatic heterocycles. The number of carbonyl (C=O) groups excluding carboxylic acids is 2. The highest BCUT2D eigenvalue weighted by atomic mass is 16.5. The zero-order valence-electron chi connectivity index (χ0n) is 8.45. The molecule has 0 saturated heterocycles. The topological polar surface area (TPSA) is 81.4 Å². The van der Waals surface area contributed by atoms with Gasteiger partial charge in [-0.2, -0.15) is 0 Å². The standard InChI is InChI=1S/C9H16N2O3/c1-4-5-14-9(13)11-7(6(2)3)8(10)12/h4,6-7H,1,5H2,2-3H3,(H2,10,12)(H,11,13). The molecule has 80 valence electrons. The molecule has 0 aliphatic rings. The Balaban J connectivity index is 4.09. The Morgan fingerprint density at radius 2 is 2.14 bits per heavy atom. The number of hydrogen-bond acceptors (Lipinski definition) is 3. The Kier molecular flexibility index (Phi) is 5.36. The van der Waals surface area contributed by atoms with Gasteiger partial charge in [-0.1, -0.05) is 26.5 Å². The third kappa shape index (κ3) is 4.49. The van der Waals surface area contributed by atoms with Gasteiger partial charge in [-0.15, -0.1) is 0 Å². The maximum Gasteiger partial charge on any atom is 0.408 e. The summed E-state index contributed by atoms with van der Waals surface area (Å²) < 4.78 is 4.65. The van der Waals surface area contributed by atoms with E-state index in [1.54, 1.807) is 13.8 Å². The Morgan fingerprint density at radius 1 is 1.57 bits per heavy atom. The van der Waals surface area contributed by atoms with Crippen LogP contribution in [0.3, 0.4) is 0 Å². The number of hydrogen-bond donors (Lipinski definition) is 2. The number of nitrogens with two attached hydrogens (primary N) is 1. The van der Waals surface area contributed by atoms with E-state index < -0.39 is 18.0 Å². The number of carbonyl (C=O) groups is 2. The first kappa shape index (κ1) is 12.5. The summed E-state index contributed by atoms with van der Waals surface area (Å²) in [4.78, 5) is 21.9. The molecule has 3 N–H and O–H groups in total. The van der Waals surface area contributed by atoms with Gasteiger partial charge in [-0.3, -0.25) is 4.79 Å². The molecule has 14 heavy (non-hydrogen) atoms. The van der Waals surface area contributed by atoms with Crippen LogP contribution in [0.15, 0.2) is 12.7 Å². The highest BCUT2D eigenvalue weighted by Crippen LogP contribution is 2.00. The molecule has 0 saturated carbocycles. The van der Waals surface area contributed by atoms with Crippen molar-refractivity contribution in [3.63, 3.8) is 0 Å². The van der Waals surface area contributed by atoms with E-state index in [1.165, 1.54) is 6.08 Å². The predicted molar refractivity (Wildman–Crippen MR) is 52.5 cm³/mol. The largest absolute Gasteiger partial charge is 0.445 e. The van der Waals surface area contributed by atoms with Crippen LogP contribution in [0, 0.1) is 5.92 Å². The summed E-state index contributed by atoms with van der Waals surface area (Å²) in [5, 5.41) is 2.37. The van der Waals surface area contributed by atoms with Crippen LogP contribution < -0.4 is 11.1 Å². The predicted octanol–water partition coefficient (Wildman–Crippen LogP) is 0.408. The van der Waals surface area contributed by atoms with Gasteiger partial charge in [-0.25, -0.2) is 4.79 Å². The molecule has 0 fully saturated rings. The number of nitrogens with one attached hydrogen (secondary N) is 1. The fraction of sp³-hybridized carbons (Fsp3) is 0.556. The summed E-state index contributed by atoms with van der Waals surface area (Å²) >= 11 is 0. The Hall–Kier alpha value is -1.52. The minimum absolute atomic E-state index is 0.0659. The highest BCUT2D eigenvalue weighted by molar-refractivity contribution is 5.84. The Bertz CT molecular complexity index is 226. The van der Waals surface area contributed by atoms with Crippen LogP contribution in [-0.2, 0) is 9.53 Å². The summed E-state index contributed by atoms with van der Waals surface area (Å²) in [5.74, 6) is -0.640. The average Bonchev–Trinajstić information content (AvgIpc) is 2.09. The van der Waals surface area contributed by atoms with E-state index in [0.717, 1.165) is 0 Å². The van der Waals surface area contributed by atoms with Crippen molar-refractivity contribution in [1.82, 2.24) is 5.32 Å². The molecule has 2 amide bonds. The third-order valence-corrected chi connectivity index (χ3v) is 1.58. The molecule has 0 radical (unpaired) electrons. The Labute approximate surface area is 83.3 Å². The van der Waals surface area contributed by atoms with Crippen LogP contribution in [0.2, 0.25) is 0 Å². The lowest BCUT2D eigenvalue weighted by molar-refractivity contribution is -0.120. The second kappa shape index (κ2) is 6.01. The summed E-state index contributed by atoms with van der Waals surface area (Å²) in [6.07, 6.45) is 0.774. The van der Waals surface area contributed by atoms with Crippen LogP contribution in [-0.4, -0.2) is 24.6 Å². The van der Waals surface area contributed by atoms with Gasteiger partial charge in [-0.05, 0) is 5.92 Å². The number of ether oxygens (including phenoxy) is 1. The first-order valence-corrected chi connectivity index (χ1v) is 4.32. The van der Waals surface area contributed by atoms with Gasteiger partial charge in [0.05, 0.1) is 0 Å². The molecule has 0 aliphatic carbocycles. The van der Waals surface area contributed by atoms with Crippen molar-refractivity contribution >= 4 is 12.0 Å². The molecule has 0 bridgehead atoms. The minimum Gasteiger partial charge on any atom is -0.445 e. The summed E-state index contributed by atoms with van der Waals surface area (Å²) in [7, 11) is 0. The van der Waals surface area contributed by atoms with E-state index in [1.807, 2.05) is 0 Å². The Morgan fingerprint density at radius 3 is 2.50 bits per heavy atom. The van der Waals surface area contributed by atoms with Crippen molar-refractivity contribution in [1.29, 1.82) is 0 Å². The monoisotopic (exact) mass is 200 g/mol. The summed E-state index contributed by atoms with van der Waals surface area (Å²) in [6, 6.07) is -0.702. The zero-order chi connectivity index (χ0) is 11.1. The van der Waals surface area contributed by atoms with Crippen molar-refractivity contribution in [2.24, 2.45) is 11.7 Å². The van der Waals surface area contributed by atoms with Gasteiger partial charge < -0.3 is 15.8 Å². The molecule has 0 rings (SSSR count). The molecular weight excluding hydrogens is 184 g/mol. The maximum atomic E-state index is 11.0. The first-order valence-electron chi connectivity index (χ1n) is 4.32. The molecular formula is C9H16N2O3. The fourth-order valence-electron chi connectivity index (χ4n) is 0.870. The van der Waals surface area contributed by atoms with Crippen molar-refractivity contribution < 1.29 is 14.3 Å². The third-order valence-electron chi connectivity index (χ3n) is 1.58. The van der Waals surface area contributed by atoms with Gasteiger partial charge in [0.15, 0.2) is 0 Å². The maximum absolute atomic E-state index is 11.0. The number of alkyl carbamates (subject to hydrolysis) is 1. The van der Waals surface area contributed by atoms with Crippen LogP contribution in [0.1, 0.15) is 13.8 Å². The van der Waals surface area contributed by atoms with E-state index in [9.17, 15) is 9.59 Å². The van der Waals surface area contributed by atoms with Crippen LogP contribution in [0.5, 0.6) is 0 Å². The van der Waals surface area contributed by atoms with E-state index in [0.29, 0.717) is 0 Å². The lowest BCUT2D eigenvalue weighted by Gasteiger charge is -2.18. The second-order valence-electron chi connectivity index (χ2n) is 3.16. The lowest BCUT2D eigenvalue weighted by Crippen LogP contribution is -2.47. The molecule has 0 aromatic carbocycles. The molecule has 0 spiro atoms. The van der Waals surface area contributed by atoms with Crippen molar-refractivity contribution in [3.8, 4) is 0 Å². The first-order chi connectivity index (χ1) is 6.49. The molecule has 1 unspecified atom stereocenters. The van der Waals surface area contributed by atoms with Crippen LogP contribution in [0.25, 0.3) is 0 Å². The number of amides is 2. The highest BCUT2D eigenvalue weighted by Gasteiger charge is 2.21. The van der Waals surface area contributed by atoms with E-state index in [2.05, 4.69) is 16.6 Å². The van der Waals surface area contributed by atoms with Crippen molar-refractivity contribution in [2.75, 3.05) is 6.61 Å². The summed E-state index contributed by atoms with van der Waals surface area (Å²) in [5.41, 5.74) is 5.09. The molecule has 0 aliphatic heterocycles. The van der Waals surface area contributed by atoms with Gasteiger partial charge in [0.25, 0.3) is 0 Å². The van der Waals surface area contributed by atoms with Crippen molar-refractivity contribution in [3.05, 3.63) is 12.7 Å². The second-order valence-corrected chi connectivity index (χ2v) is 3.16. The van der Waals surface area contributed by atoms with Crippen molar-refractivity contribution in [2.45, 2.75) is 19.9 Å². The number of primary amides is 1. The van der Waals surface area contributed by atoms with Crippen LogP contribution in [0.4, 0.5) is 4.79 Å². The molecule has 5 nitrogen and oxygen atoms in total. The molecule has 0 heterocycles. The normalized spacial score (nSPS) is 11.9. The minimum atomic E-state index is -0.702. The van der Waals surface area contributed by atoms with E-state index in [-0.39, 0.29) is 12.5 Å². The molecule has 1 atom stereocenters. The van der Waals surface area contributed by atoms with Gasteiger partial charge in [0, 0.05) is 0 Å². The van der Waals surface area contributed by atoms with Gasteiger partial charge in [0.1, 0.15) is 12.6 Å². The van der Waals surface area contributed by atoms with Gasteiger partial charge in [0.2, 0.25) is 5.91 Å².